The lowest BCUT2D eigenvalue weighted by Gasteiger charge is -2.17. The Morgan fingerprint density at radius 3 is 2.18 bits per heavy atom. The number of hydrogen-bond donors (Lipinski definition) is 2. The molecule has 112 valence electrons. The zero-order valence-corrected chi connectivity index (χ0v) is 11.5. The summed E-state index contributed by atoms with van der Waals surface area (Å²) in [6.45, 7) is 0. The second-order valence-corrected chi connectivity index (χ2v) is 6.02. The molecule has 2 amide bonds. The van der Waals surface area contributed by atoms with Crippen LogP contribution in [0.25, 0.3) is 0 Å². The fourth-order valence-electron chi connectivity index (χ4n) is 4.00. The summed E-state index contributed by atoms with van der Waals surface area (Å²) in [5.41, 5.74) is -0.0314. The number of aromatic hydroxyl groups is 1. The van der Waals surface area contributed by atoms with E-state index in [2.05, 4.69) is 0 Å². The Bertz CT molecular complexity index is 723. The molecule has 2 N–H and O–H groups in total. The molecule has 4 unspecified atom stereocenters. The summed E-state index contributed by atoms with van der Waals surface area (Å²) in [6, 6.07) is 3.75. The molecule has 1 heterocycles. The first-order valence-electron chi connectivity index (χ1n) is 7.11. The molecule has 3 aliphatic rings. The second kappa shape index (κ2) is 4.19. The zero-order valence-electron chi connectivity index (χ0n) is 11.5. The van der Waals surface area contributed by atoms with Gasteiger partial charge in [-0.1, -0.05) is 12.2 Å². The third kappa shape index (κ3) is 1.52. The lowest BCUT2D eigenvalue weighted by atomic mass is 9.85. The number of aromatic carboxylic acids is 1. The molecular formula is C16H13NO5. The van der Waals surface area contributed by atoms with Crippen molar-refractivity contribution in [1.29, 1.82) is 0 Å². The first-order chi connectivity index (χ1) is 10.5. The van der Waals surface area contributed by atoms with Gasteiger partial charge in [0.05, 0.1) is 17.5 Å². The number of imide groups is 1. The van der Waals surface area contributed by atoms with Crippen LogP contribution in [0.4, 0.5) is 5.69 Å². The minimum absolute atomic E-state index is 0.114. The van der Waals surface area contributed by atoms with Gasteiger partial charge in [0.15, 0.2) is 0 Å². The van der Waals surface area contributed by atoms with Crippen LogP contribution in [0.5, 0.6) is 5.75 Å². The molecule has 2 bridgehead atoms. The molecule has 6 nitrogen and oxygen atoms in total. The monoisotopic (exact) mass is 299 g/mol. The van der Waals surface area contributed by atoms with Gasteiger partial charge >= 0.3 is 5.97 Å². The van der Waals surface area contributed by atoms with Gasteiger partial charge in [0.1, 0.15) is 11.3 Å². The van der Waals surface area contributed by atoms with Crippen molar-refractivity contribution in [2.45, 2.75) is 6.42 Å². The van der Waals surface area contributed by atoms with Gasteiger partial charge in [-0.25, -0.2) is 9.69 Å². The van der Waals surface area contributed by atoms with Gasteiger partial charge < -0.3 is 10.2 Å². The highest BCUT2D eigenvalue weighted by Crippen LogP contribution is 2.53. The van der Waals surface area contributed by atoms with Crippen LogP contribution in [-0.2, 0) is 9.59 Å². The summed E-state index contributed by atoms with van der Waals surface area (Å²) < 4.78 is 0. The number of carbonyl (C=O) groups is 3. The minimum atomic E-state index is -1.26. The van der Waals surface area contributed by atoms with Crippen molar-refractivity contribution in [3.63, 3.8) is 0 Å². The number of rotatable bonds is 2. The van der Waals surface area contributed by atoms with E-state index >= 15 is 0 Å². The Hall–Kier alpha value is -2.63. The van der Waals surface area contributed by atoms with Crippen LogP contribution in [0.15, 0.2) is 30.4 Å². The van der Waals surface area contributed by atoms with E-state index in [-0.39, 0.29) is 46.7 Å². The smallest absolute Gasteiger partial charge is 0.339 e. The fourth-order valence-corrected chi connectivity index (χ4v) is 4.00. The predicted octanol–water partition coefficient (Wildman–Crippen LogP) is 1.40. The molecule has 0 spiro atoms. The van der Waals surface area contributed by atoms with Crippen molar-refractivity contribution in [1.82, 2.24) is 0 Å². The number of allylic oxidation sites excluding steroid dienone is 2. The minimum Gasteiger partial charge on any atom is -0.507 e. The highest BCUT2D eigenvalue weighted by Gasteiger charge is 2.59. The van der Waals surface area contributed by atoms with Crippen LogP contribution >= 0.6 is 0 Å². The molecule has 2 fully saturated rings. The fraction of sp³-hybridized carbons (Fsp3) is 0.312. The third-order valence-electron chi connectivity index (χ3n) is 4.94. The summed E-state index contributed by atoms with van der Waals surface area (Å²) in [5, 5.41) is 18.7. The highest BCUT2D eigenvalue weighted by molar-refractivity contribution is 6.23. The molecule has 1 saturated carbocycles. The number of carboxylic acid groups (broad SMARTS) is 1. The number of carbonyl (C=O) groups excluding carboxylic acids is 2. The standard InChI is InChI=1S/C16H13NO5/c18-11-6-9(3-4-10(11)16(21)22)17-14(19)12-7-1-2-8(5-7)13(12)15(17)20/h1-4,6-8,12-13,18H,5H2,(H,21,22). The quantitative estimate of drug-likeness (QED) is 0.636. The van der Waals surface area contributed by atoms with Crippen molar-refractivity contribution < 1.29 is 24.6 Å². The van der Waals surface area contributed by atoms with E-state index in [1.165, 1.54) is 12.1 Å². The Labute approximate surface area is 125 Å². The maximum atomic E-state index is 12.6. The number of phenols is 1. The van der Waals surface area contributed by atoms with Crippen LogP contribution in [0, 0.1) is 23.7 Å². The largest absolute Gasteiger partial charge is 0.507 e. The first-order valence-corrected chi connectivity index (χ1v) is 7.11. The van der Waals surface area contributed by atoms with Crippen LogP contribution in [0.2, 0.25) is 0 Å². The zero-order chi connectivity index (χ0) is 15.6. The molecule has 4 rings (SSSR count). The lowest BCUT2D eigenvalue weighted by Crippen LogP contribution is -2.32. The molecule has 1 aromatic carbocycles. The van der Waals surface area contributed by atoms with Gasteiger partial charge in [0, 0.05) is 6.07 Å². The predicted molar refractivity (Wildman–Crippen MR) is 75.3 cm³/mol. The van der Waals surface area contributed by atoms with E-state index in [9.17, 15) is 19.5 Å². The number of fused-ring (bicyclic) bond motifs is 5. The van der Waals surface area contributed by atoms with Crippen molar-refractivity contribution >= 4 is 23.5 Å². The van der Waals surface area contributed by atoms with Gasteiger partial charge in [-0.2, -0.15) is 0 Å². The molecule has 1 aromatic rings. The van der Waals surface area contributed by atoms with Crippen molar-refractivity contribution in [3.05, 3.63) is 35.9 Å². The van der Waals surface area contributed by atoms with E-state index in [1.807, 2.05) is 12.2 Å². The maximum Gasteiger partial charge on any atom is 0.339 e. The summed E-state index contributed by atoms with van der Waals surface area (Å²) in [7, 11) is 0. The number of hydrogen-bond acceptors (Lipinski definition) is 4. The van der Waals surface area contributed by atoms with Crippen molar-refractivity contribution in [2.24, 2.45) is 23.7 Å². The van der Waals surface area contributed by atoms with Crippen LogP contribution in [-0.4, -0.2) is 28.0 Å². The van der Waals surface area contributed by atoms with Crippen LogP contribution in [0.3, 0.4) is 0 Å². The van der Waals surface area contributed by atoms with Crippen molar-refractivity contribution in [2.75, 3.05) is 4.90 Å². The first kappa shape index (κ1) is 13.1. The Balaban J connectivity index is 1.73. The van der Waals surface area contributed by atoms with E-state index in [4.69, 9.17) is 5.11 Å². The SMILES string of the molecule is O=C(O)c1ccc(N2C(=O)C3C4C=CC(C4)C3C2=O)cc1O. The van der Waals surface area contributed by atoms with Crippen LogP contribution in [0.1, 0.15) is 16.8 Å². The molecule has 6 heteroatoms. The average molecular weight is 299 g/mol. The van der Waals surface area contributed by atoms with E-state index in [1.54, 1.807) is 0 Å². The maximum absolute atomic E-state index is 12.6. The normalized spacial score (nSPS) is 31.9. The van der Waals surface area contributed by atoms with E-state index in [0.717, 1.165) is 17.4 Å². The molecule has 0 radical (unpaired) electrons. The van der Waals surface area contributed by atoms with E-state index in [0.29, 0.717) is 0 Å². The third-order valence-corrected chi connectivity index (χ3v) is 4.94. The number of carboxylic acids is 1. The van der Waals surface area contributed by atoms with Crippen molar-refractivity contribution in [3.8, 4) is 5.75 Å². The molecule has 22 heavy (non-hydrogen) atoms. The average Bonchev–Trinajstić information content (AvgIpc) is 3.12. The number of anilines is 1. The summed E-state index contributed by atoms with van der Waals surface area (Å²) >= 11 is 0. The lowest BCUT2D eigenvalue weighted by molar-refractivity contribution is -0.123. The number of amides is 2. The molecule has 1 saturated heterocycles. The van der Waals surface area contributed by atoms with Gasteiger partial charge in [0.25, 0.3) is 0 Å². The van der Waals surface area contributed by atoms with Crippen LogP contribution < -0.4 is 4.90 Å². The highest BCUT2D eigenvalue weighted by atomic mass is 16.4. The molecule has 4 atom stereocenters. The van der Waals surface area contributed by atoms with Gasteiger partial charge in [-0.3, -0.25) is 9.59 Å². The molecule has 0 aromatic heterocycles. The Morgan fingerprint density at radius 1 is 1.09 bits per heavy atom. The number of benzene rings is 1. The van der Waals surface area contributed by atoms with Gasteiger partial charge in [0.2, 0.25) is 11.8 Å². The van der Waals surface area contributed by atoms with Gasteiger partial charge in [-0.15, -0.1) is 0 Å². The molecule has 2 aliphatic carbocycles. The second-order valence-electron chi connectivity index (χ2n) is 6.02. The Morgan fingerprint density at radius 2 is 1.68 bits per heavy atom. The molecular weight excluding hydrogens is 286 g/mol. The summed E-state index contributed by atoms with van der Waals surface area (Å²) in [4.78, 5) is 37.2. The molecule has 1 aliphatic heterocycles. The van der Waals surface area contributed by atoms with E-state index < -0.39 is 11.7 Å². The topological polar surface area (TPSA) is 94.9 Å². The summed E-state index contributed by atoms with van der Waals surface area (Å²) in [6.07, 6.45) is 4.86. The number of nitrogens with zero attached hydrogens (tertiary/aromatic N) is 1. The van der Waals surface area contributed by atoms with Gasteiger partial charge in [-0.05, 0) is 30.4 Å². The Kier molecular flexibility index (Phi) is 2.49. The summed E-state index contributed by atoms with van der Waals surface area (Å²) in [5.74, 6) is -2.63.